The van der Waals surface area contributed by atoms with Crippen LogP contribution < -0.4 is 26.6 Å². The Morgan fingerprint density at radius 3 is 2.45 bits per heavy atom. The van der Waals surface area contributed by atoms with Crippen molar-refractivity contribution >= 4 is 69.8 Å². The van der Waals surface area contributed by atoms with Gasteiger partial charge in [-0.15, -0.1) is 5.10 Å². The summed E-state index contributed by atoms with van der Waals surface area (Å²) in [4.78, 5) is 107. The number of carbonyl (C=O) groups is 6. The van der Waals surface area contributed by atoms with Gasteiger partial charge in [0.2, 0.25) is 23.6 Å². The highest BCUT2D eigenvalue weighted by atomic mass is 35.5. The minimum atomic E-state index is -1.05. The van der Waals surface area contributed by atoms with Crippen molar-refractivity contribution in [2.45, 2.75) is 103 Å². The number of carbonyl (C=O) groups excluding carboxylic acids is 6. The molecule has 7 heterocycles. The van der Waals surface area contributed by atoms with Crippen molar-refractivity contribution in [2.24, 2.45) is 11.7 Å². The van der Waals surface area contributed by atoms with Gasteiger partial charge in [-0.2, -0.15) is 0 Å². The lowest BCUT2D eigenvalue weighted by molar-refractivity contribution is -0.134. The molecule has 2 aromatic carbocycles. The van der Waals surface area contributed by atoms with Crippen LogP contribution in [0.5, 0.6) is 0 Å². The van der Waals surface area contributed by atoms with Gasteiger partial charge >= 0.3 is 6.09 Å². The molecule has 0 bridgehead atoms. The highest BCUT2D eigenvalue weighted by Gasteiger charge is 2.40. The van der Waals surface area contributed by atoms with E-state index in [-0.39, 0.29) is 73.5 Å². The molecule has 6 N–H and O–H groups in total. The molecule has 0 spiro atoms. The highest BCUT2D eigenvalue weighted by molar-refractivity contribution is 6.30. The lowest BCUT2D eigenvalue weighted by Crippen LogP contribution is -2.60. The molecule has 0 saturated carbocycles. The second-order valence-electron chi connectivity index (χ2n) is 23.2. The number of H-pyrrole nitrogens is 1. The van der Waals surface area contributed by atoms with E-state index in [4.69, 9.17) is 22.1 Å². The maximum atomic E-state index is 14.0. The number of aromatic nitrogens is 7. The van der Waals surface area contributed by atoms with Crippen LogP contribution >= 0.6 is 11.6 Å². The Kier molecular flexibility index (Phi) is 19.6. The summed E-state index contributed by atoms with van der Waals surface area (Å²) in [7, 11) is 1.74. The molecular weight excluding hydrogens is 1090 g/mol. The number of nitrogens with zero attached hydrogens (tertiary/aromatic N) is 11. The fourth-order valence-electron chi connectivity index (χ4n) is 10.9. The first-order valence-electron chi connectivity index (χ1n) is 29.0. The predicted molar refractivity (Wildman–Crippen MR) is 319 cm³/mol. The quantitative estimate of drug-likeness (QED) is 0.0585. The van der Waals surface area contributed by atoms with Crippen molar-refractivity contribution in [3.8, 4) is 11.1 Å². The van der Waals surface area contributed by atoms with Crippen LogP contribution in [0.1, 0.15) is 99.6 Å². The number of ether oxygens (including phenoxy) is 1. The number of aromatic amines is 1. The van der Waals surface area contributed by atoms with E-state index in [1.54, 1.807) is 62.2 Å². The molecule has 6 aromatic rings. The zero-order valence-electron chi connectivity index (χ0n) is 48.6. The first-order valence-corrected chi connectivity index (χ1v) is 29.3. The molecule has 9 rings (SSSR count). The van der Waals surface area contributed by atoms with E-state index in [1.165, 1.54) is 4.90 Å². The van der Waals surface area contributed by atoms with E-state index >= 15 is 0 Å². The number of piperazine rings is 1. The molecule has 3 saturated heterocycles. The molecule has 3 aliphatic rings. The van der Waals surface area contributed by atoms with Gasteiger partial charge in [-0.1, -0.05) is 60.1 Å². The average Bonchev–Trinajstić information content (AvgIpc) is 4.24. The number of nitrogens with one attached hydrogen (secondary N) is 4. The average molecular weight is 1170 g/mol. The smallest absolute Gasteiger partial charge is 0.410 e. The van der Waals surface area contributed by atoms with Gasteiger partial charge in [0, 0.05) is 121 Å². The fourth-order valence-corrected chi connectivity index (χ4v) is 11.0. The molecule has 6 amide bonds. The minimum Gasteiger partial charge on any atom is -0.444 e. The number of pyridine rings is 1. The number of nitrogens with two attached hydrogens (primary N) is 1. The molecular formula is C60H77ClN16O7. The van der Waals surface area contributed by atoms with Crippen molar-refractivity contribution in [1.82, 2.24) is 65.2 Å². The molecule has 24 heteroatoms. The molecule has 23 nitrogen and oxygen atoms in total. The van der Waals surface area contributed by atoms with Crippen LogP contribution in [0.25, 0.3) is 22.2 Å². The molecule has 4 aromatic heterocycles. The van der Waals surface area contributed by atoms with Crippen molar-refractivity contribution in [3.05, 3.63) is 113 Å². The number of aryl methyl sites for hydroxylation is 2. The summed E-state index contributed by atoms with van der Waals surface area (Å²) in [5.74, 6) is -0.660. The van der Waals surface area contributed by atoms with Crippen LogP contribution in [-0.4, -0.2) is 180 Å². The summed E-state index contributed by atoms with van der Waals surface area (Å²) in [5, 5.41) is 19.1. The van der Waals surface area contributed by atoms with Gasteiger partial charge in [0.1, 0.15) is 29.9 Å². The summed E-state index contributed by atoms with van der Waals surface area (Å²) in [6, 6.07) is 18.8. The Labute approximate surface area is 494 Å². The molecule has 446 valence electrons. The Balaban J connectivity index is 0.746. The Morgan fingerprint density at radius 2 is 1.71 bits per heavy atom. The summed E-state index contributed by atoms with van der Waals surface area (Å²) in [5.41, 5.74) is 10.0. The zero-order chi connectivity index (χ0) is 59.5. The number of amides is 6. The number of fused-ring (bicyclic) bond motifs is 1. The number of benzene rings is 2. The van der Waals surface area contributed by atoms with E-state index in [1.807, 2.05) is 65.7 Å². The molecule has 1 unspecified atom stereocenters. The third-order valence-corrected chi connectivity index (χ3v) is 16.1. The zero-order valence-corrected chi connectivity index (χ0v) is 49.4. The van der Waals surface area contributed by atoms with Gasteiger partial charge in [-0.25, -0.2) is 19.7 Å². The van der Waals surface area contributed by atoms with Gasteiger partial charge in [-0.05, 0) is 99.7 Å². The summed E-state index contributed by atoms with van der Waals surface area (Å²) < 4.78 is 7.31. The van der Waals surface area contributed by atoms with Crippen molar-refractivity contribution in [2.75, 3.05) is 89.3 Å². The topological polar surface area (TPSA) is 275 Å². The summed E-state index contributed by atoms with van der Waals surface area (Å²) >= 11 is 6.27. The van der Waals surface area contributed by atoms with Crippen molar-refractivity contribution in [3.63, 3.8) is 0 Å². The number of halogens is 1. The second-order valence-corrected chi connectivity index (χ2v) is 23.6. The molecule has 2 atom stereocenters. The largest absolute Gasteiger partial charge is 0.444 e. The number of rotatable bonds is 21. The van der Waals surface area contributed by atoms with Crippen LogP contribution in [0.2, 0.25) is 5.02 Å². The first-order chi connectivity index (χ1) is 40.3. The number of piperidine rings is 2. The molecule has 0 radical (unpaired) electrons. The van der Waals surface area contributed by atoms with Crippen LogP contribution in [0, 0.1) is 5.92 Å². The van der Waals surface area contributed by atoms with E-state index in [2.05, 4.69) is 62.9 Å². The minimum absolute atomic E-state index is 0.00700. The van der Waals surface area contributed by atoms with E-state index < -0.39 is 29.0 Å². The third-order valence-electron chi connectivity index (χ3n) is 15.9. The fraction of sp³-hybridized carbons (Fsp3) is 0.483. The van der Waals surface area contributed by atoms with Gasteiger partial charge in [0.05, 0.1) is 34.9 Å². The number of likely N-dealkylation sites (tertiary alicyclic amines) is 1. The van der Waals surface area contributed by atoms with Crippen molar-refractivity contribution < 1.29 is 33.5 Å². The third kappa shape index (κ3) is 15.8. The van der Waals surface area contributed by atoms with E-state index in [0.29, 0.717) is 107 Å². The number of hydrogen-bond acceptors (Lipinski definition) is 15. The Morgan fingerprint density at radius 1 is 0.940 bits per heavy atom. The molecule has 3 aliphatic heterocycles. The van der Waals surface area contributed by atoms with Gasteiger partial charge in [0.15, 0.2) is 5.69 Å². The van der Waals surface area contributed by atoms with Crippen molar-refractivity contribution in [1.29, 1.82) is 0 Å². The van der Waals surface area contributed by atoms with Crippen LogP contribution in [0.3, 0.4) is 0 Å². The Bertz CT molecular complexity index is 3290. The standard InChI is InChI=1S/C60H77ClN16O7/c1-6-40-8-7-9-43(32-40)44-34-49(68-50(78)38-76(58(83)84-59(2,3)4)36-41-16-23-72(5)52(80)33-41)53(65-35-44)56(81)64-21-14-46-37-77(71-70-46)25-18-51(79)74-30-28-73(29-31-74)24-17-48(42-10-12-45(61)13-11-42)69-57(82)60(62)19-26-75(27-20-60)55-47-15-22-63-54(47)66-39-67-55/h7-13,15,22,32,34-35,37,39,41,48H,6,14,16-21,23-31,33,36,38,62H2,1-5H3,(H,64,81)(H,68,78)(H,69,82)(H,63,66,67)/t41?,48-/m0/s1. The number of anilines is 2. The van der Waals surface area contributed by atoms with E-state index in [9.17, 15) is 28.8 Å². The monoisotopic (exact) mass is 1170 g/mol. The maximum Gasteiger partial charge on any atom is 0.410 e. The summed E-state index contributed by atoms with van der Waals surface area (Å²) in [6.07, 6.45) is 9.86. The lowest BCUT2D eigenvalue weighted by Gasteiger charge is -2.39. The summed E-state index contributed by atoms with van der Waals surface area (Å²) in [6.45, 7) is 12.4. The van der Waals surface area contributed by atoms with Crippen LogP contribution in [-0.2, 0) is 43.3 Å². The predicted octanol–water partition coefficient (Wildman–Crippen LogP) is 5.62. The van der Waals surface area contributed by atoms with E-state index in [0.717, 1.165) is 40.0 Å². The lowest BCUT2D eigenvalue weighted by atomic mass is 9.87. The Hall–Kier alpha value is -8.02. The van der Waals surface area contributed by atoms with Gasteiger partial charge in [0.25, 0.3) is 5.91 Å². The highest BCUT2D eigenvalue weighted by Crippen LogP contribution is 2.31. The second kappa shape index (κ2) is 27.1. The SMILES string of the molecule is CCc1cccc(-c2cnc(C(=O)NCCc3cn(CCC(=O)N4CCN(CC[C@H](NC(=O)C5(N)CCN(c6ncnc7[nH]ccc67)CC5)c5ccc(Cl)cc5)CC4)nn3)c(NC(=O)CN(CC3CCN(C)C(=O)C3)C(=O)OC(C)(C)C)c2)c1. The van der Waals surface area contributed by atoms with Crippen LogP contribution in [0.15, 0.2) is 85.6 Å². The molecule has 0 aliphatic carbocycles. The molecule has 84 heavy (non-hydrogen) atoms. The van der Waals surface area contributed by atoms with Gasteiger partial charge in [-0.3, -0.25) is 38.5 Å². The van der Waals surface area contributed by atoms with Gasteiger partial charge < -0.3 is 46.1 Å². The maximum absolute atomic E-state index is 14.0. The van der Waals surface area contributed by atoms with Crippen LogP contribution in [0.4, 0.5) is 16.3 Å². The normalized spacial score (nSPS) is 17.0. The molecule has 3 fully saturated rings. The first kappa shape index (κ1) is 60.6. The number of hydrogen-bond donors (Lipinski definition) is 5.